The summed E-state index contributed by atoms with van der Waals surface area (Å²) in [5.74, 6) is 0.949. The number of likely N-dealkylation sites (N-methyl/N-ethyl adjacent to an activating group) is 1. The van der Waals surface area contributed by atoms with Gasteiger partial charge in [0.1, 0.15) is 5.75 Å². The monoisotopic (exact) mass is 290 g/mol. The summed E-state index contributed by atoms with van der Waals surface area (Å²) in [6.07, 6.45) is 6.56. The van der Waals surface area contributed by atoms with Gasteiger partial charge in [0.15, 0.2) is 0 Å². The lowest BCUT2D eigenvalue weighted by Crippen LogP contribution is -2.50. The van der Waals surface area contributed by atoms with Crippen molar-refractivity contribution < 1.29 is 4.74 Å². The first-order valence-corrected chi connectivity index (χ1v) is 8.31. The second-order valence-electron chi connectivity index (χ2n) is 6.18. The van der Waals surface area contributed by atoms with Gasteiger partial charge in [-0.05, 0) is 50.6 Å². The maximum absolute atomic E-state index is 5.33. The molecule has 0 heterocycles. The van der Waals surface area contributed by atoms with Crippen LogP contribution < -0.4 is 10.1 Å². The summed E-state index contributed by atoms with van der Waals surface area (Å²) in [6.45, 7) is 4.37. The molecule has 118 valence electrons. The van der Waals surface area contributed by atoms with Crippen molar-refractivity contribution in [1.29, 1.82) is 0 Å². The molecule has 2 rings (SSSR count). The predicted octanol–water partition coefficient (Wildman–Crippen LogP) is 3.44. The third-order valence-electron chi connectivity index (χ3n) is 4.52. The van der Waals surface area contributed by atoms with E-state index in [1.807, 2.05) is 6.07 Å². The van der Waals surface area contributed by atoms with Gasteiger partial charge in [0.25, 0.3) is 0 Å². The molecule has 0 radical (unpaired) electrons. The van der Waals surface area contributed by atoms with E-state index in [0.717, 1.165) is 18.8 Å². The molecule has 0 saturated heterocycles. The number of rotatable bonds is 7. The van der Waals surface area contributed by atoms with Crippen molar-refractivity contribution in [2.24, 2.45) is 0 Å². The average molecular weight is 290 g/mol. The summed E-state index contributed by atoms with van der Waals surface area (Å²) in [5.41, 5.74) is 1.33. The van der Waals surface area contributed by atoms with E-state index in [9.17, 15) is 0 Å². The number of ether oxygens (including phenoxy) is 1. The molecule has 1 saturated carbocycles. The van der Waals surface area contributed by atoms with Crippen LogP contribution in [0.15, 0.2) is 24.3 Å². The van der Waals surface area contributed by atoms with Crippen LogP contribution in [-0.4, -0.2) is 37.7 Å². The lowest BCUT2D eigenvalue weighted by molar-refractivity contribution is 0.143. The van der Waals surface area contributed by atoms with Crippen LogP contribution in [0.4, 0.5) is 0 Å². The van der Waals surface area contributed by atoms with E-state index in [1.165, 1.54) is 37.7 Å². The van der Waals surface area contributed by atoms with Crippen LogP contribution in [0, 0.1) is 0 Å². The van der Waals surface area contributed by atoms with Crippen LogP contribution in [0.2, 0.25) is 0 Å². The second-order valence-corrected chi connectivity index (χ2v) is 6.18. The molecule has 21 heavy (non-hydrogen) atoms. The number of hydrogen-bond acceptors (Lipinski definition) is 3. The van der Waals surface area contributed by atoms with Crippen molar-refractivity contribution in [3.05, 3.63) is 29.8 Å². The minimum Gasteiger partial charge on any atom is -0.497 e. The highest BCUT2D eigenvalue weighted by atomic mass is 16.5. The molecule has 2 atom stereocenters. The SMILES string of the molecule is CCCNC1CCCCC1N(C)Cc1cccc(OC)c1. The van der Waals surface area contributed by atoms with Crippen molar-refractivity contribution in [2.45, 2.75) is 57.7 Å². The van der Waals surface area contributed by atoms with Crippen molar-refractivity contribution in [3.8, 4) is 5.75 Å². The van der Waals surface area contributed by atoms with Gasteiger partial charge in [-0.1, -0.05) is 31.9 Å². The van der Waals surface area contributed by atoms with Gasteiger partial charge in [-0.25, -0.2) is 0 Å². The summed E-state index contributed by atoms with van der Waals surface area (Å²) >= 11 is 0. The fourth-order valence-electron chi connectivity index (χ4n) is 3.38. The highest BCUT2D eigenvalue weighted by Gasteiger charge is 2.27. The molecule has 1 aromatic carbocycles. The predicted molar refractivity (Wildman–Crippen MR) is 88.8 cm³/mol. The maximum Gasteiger partial charge on any atom is 0.119 e. The average Bonchev–Trinajstić information content (AvgIpc) is 2.53. The zero-order valence-electron chi connectivity index (χ0n) is 13.8. The zero-order valence-corrected chi connectivity index (χ0v) is 13.8. The molecule has 1 N–H and O–H groups in total. The van der Waals surface area contributed by atoms with E-state index in [4.69, 9.17) is 4.74 Å². The first kappa shape index (κ1) is 16.3. The summed E-state index contributed by atoms with van der Waals surface area (Å²) in [5, 5.41) is 3.74. The Balaban J connectivity index is 1.97. The minimum atomic E-state index is 0.648. The second kappa shape index (κ2) is 8.40. The molecular formula is C18H30N2O. The third-order valence-corrected chi connectivity index (χ3v) is 4.52. The van der Waals surface area contributed by atoms with Crippen LogP contribution in [-0.2, 0) is 6.54 Å². The van der Waals surface area contributed by atoms with Crippen molar-refractivity contribution >= 4 is 0 Å². The van der Waals surface area contributed by atoms with Gasteiger partial charge in [0.2, 0.25) is 0 Å². The number of hydrogen-bond donors (Lipinski definition) is 1. The lowest BCUT2D eigenvalue weighted by Gasteiger charge is -2.38. The molecule has 1 aliphatic rings. The van der Waals surface area contributed by atoms with E-state index < -0.39 is 0 Å². The van der Waals surface area contributed by atoms with E-state index in [0.29, 0.717) is 12.1 Å². The van der Waals surface area contributed by atoms with Gasteiger partial charge in [0, 0.05) is 18.6 Å². The minimum absolute atomic E-state index is 0.648. The molecule has 0 spiro atoms. The number of benzene rings is 1. The van der Waals surface area contributed by atoms with E-state index in [1.54, 1.807) is 7.11 Å². The topological polar surface area (TPSA) is 24.5 Å². The van der Waals surface area contributed by atoms with Crippen LogP contribution >= 0.6 is 0 Å². The van der Waals surface area contributed by atoms with E-state index in [-0.39, 0.29) is 0 Å². The molecular weight excluding hydrogens is 260 g/mol. The Morgan fingerprint density at radius 3 is 2.86 bits per heavy atom. The molecule has 0 amide bonds. The first-order chi connectivity index (χ1) is 10.2. The molecule has 3 heteroatoms. The Morgan fingerprint density at radius 2 is 2.10 bits per heavy atom. The van der Waals surface area contributed by atoms with E-state index in [2.05, 4.69) is 42.4 Å². The summed E-state index contributed by atoms with van der Waals surface area (Å²) in [4.78, 5) is 2.52. The van der Waals surface area contributed by atoms with Crippen LogP contribution in [0.1, 0.15) is 44.6 Å². The molecule has 1 fully saturated rings. The lowest BCUT2D eigenvalue weighted by atomic mass is 9.89. The van der Waals surface area contributed by atoms with Crippen LogP contribution in [0.25, 0.3) is 0 Å². The van der Waals surface area contributed by atoms with Crippen molar-refractivity contribution in [2.75, 3.05) is 20.7 Å². The molecule has 0 bridgehead atoms. The van der Waals surface area contributed by atoms with Crippen molar-refractivity contribution in [1.82, 2.24) is 10.2 Å². The van der Waals surface area contributed by atoms with Gasteiger partial charge in [-0.2, -0.15) is 0 Å². The van der Waals surface area contributed by atoms with Gasteiger partial charge in [0.05, 0.1) is 7.11 Å². The van der Waals surface area contributed by atoms with Gasteiger partial charge in [-0.3, -0.25) is 4.90 Å². The normalized spacial score (nSPS) is 22.5. The Kier molecular flexibility index (Phi) is 6.52. The van der Waals surface area contributed by atoms with Gasteiger partial charge < -0.3 is 10.1 Å². The largest absolute Gasteiger partial charge is 0.497 e. The molecule has 3 nitrogen and oxygen atoms in total. The molecule has 1 aromatic rings. The standard InChI is InChI=1S/C18H30N2O/c1-4-12-19-17-10-5-6-11-18(17)20(2)14-15-8-7-9-16(13-15)21-3/h7-9,13,17-19H,4-6,10-12,14H2,1-3H3. The molecule has 1 aliphatic carbocycles. The highest BCUT2D eigenvalue weighted by molar-refractivity contribution is 5.28. The Bertz CT molecular complexity index is 421. The third kappa shape index (κ3) is 4.72. The van der Waals surface area contributed by atoms with Crippen LogP contribution in [0.3, 0.4) is 0 Å². The Labute approximate surface area is 129 Å². The summed E-state index contributed by atoms with van der Waals surface area (Å²) < 4.78 is 5.33. The fourth-order valence-corrected chi connectivity index (χ4v) is 3.38. The molecule has 0 aromatic heterocycles. The smallest absolute Gasteiger partial charge is 0.119 e. The van der Waals surface area contributed by atoms with Crippen molar-refractivity contribution in [3.63, 3.8) is 0 Å². The quantitative estimate of drug-likeness (QED) is 0.832. The summed E-state index contributed by atoms with van der Waals surface area (Å²) in [6, 6.07) is 9.72. The Morgan fingerprint density at radius 1 is 1.29 bits per heavy atom. The number of methoxy groups -OCH3 is 1. The molecule has 2 unspecified atom stereocenters. The highest BCUT2D eigenvalue weighted by Crippen LogP contribution is 2.24. The fraction of sp³-hybridized carbons (Fsp3) is 0.667. The van der Waals surface area contributed by atoms with Crippen LogP contribution in [0.5, 0.6) is 5.75 Å². The van der Waals surface area contributed by atoms with Gasteiger partial charge >= 0.3 is 0 Å². The first-order valence-electron chi connectivity index (χ1n) is 8.31. The number of nitrogens with one attached hydrogen (secondary N) is 1. The Hall–Kier alpha value is -1.06. The number of nitrogens with zero attached hydrogens (tertiary/aromatic N) is 1. The maximum atomic E-state index is 5.33. The van der Waals surface area contributed by atoms with E-state index >= 15 is 0 Å². The molecule has 0 aliphatic heterocycles. The van der Waals surface area contributed by atoms with Gasteiger partial charge in [-0.15, -0.1) is 0 Å². The summed E-state index contributed by atoms with van der Waals surface area (Å²) in [7, 11) is 3.99. The zero-order chi connectivity index (χ0) is 15.1.